The van der Waals surface area contributed by atoms with E-state index < -0.39 is 17.9 Å². The van der Waals surface area contributed by atoms with E-state index in [1.807, 2.05) is 13.8 Å². The third-order valence-electron chi connectivity index (χ3n) is 3.62. The van der Waals surface area contributed by atoms with Crippen molar-refractivity contribution in [2.45, 2.75) is 39.2 Å². The van der Waals surface area contributed by atoms with Gasteiger partial charge in [0.05, 0.1) is 12.0 Å². The molecule has 1 unspecified atom stereocenters. The molecule has 1 aliphatic heterocycles. The predicted octanol–water partition coefficient (Wildman–Crippen LogP) is 0.683. The summed E-state index contributed by atoms with van der Waals surface area (Å²) in [6, 6.07) is -0.507. The first-order valence-electron chi connectivity index (χ1n) is 6.24. The number of carboxylic acids is 1. The molecular weight excluding hydrogens is 220 g/mol. The maximum atomic E-state index is 12.1. The summed E-state index contributed by atoms with van der Waals surface area (Å²) in [5, 5.41) is 8.96. The highest BCUT2D eigenvalue weighted by Gasteiger charge is 2.31. The molecule has 0 aromatic rings. The van der Waals surface area contributed by atoms with Gasteiger partial charge in [-0.3, -0.25) is 9.59 Å². The Balaban J connectivity index is 2.60. The Morgan fingerprint density at radius 2 is 2.18 bits per heavy atom. The van der Waals surface area contributed by atoms with Crippen LogP contribution in [0.4, 0.5) is 0 Å². The number of aliphatic carboxylic acids is 1. The lowest BCUT2D eigenvalue weighted by atomic mass is 9.94. The smallest absolute Gasteiger partial charge is 0.308 e. The Hall–Kier alpha value is -1.10. The van der Waals surface area contributed by atoms with Crippen molar-refractivity contribution >= 4 is 11.9 Å². The second-order valence-corrected chi connectivity index (χ2v) is 4.87. The van der Waals surface area contributed by atoms with Crippen LogP contribution >= 0.6 is 0 Å². The fourth-order valence-electron chi connectivity index (χ4n) is 2.09. The minimum atomic E-state index is -0.820. The summed E-state index contributed by atoms with van der Waals surface area (Å²) in [4.78, 5) is 24.6. The predicted molar refractivity (Wildman–Crippen MR) is 64.4 cm³/mol. The number of hydrogen-bond donors (Lipinski definition) is 2. The molecular formula is C12H22N2O3. The van der Waals surface area contributed by atoms with Gasteiger partial charge in [0.15, 0.2) is 0 Å². The van der Waals surface area contributed by atoms with Crippen molar-refractivity contribution in [3.8, 4) is 0 Å². The lowest BCUT2D eigenvalue weighted by Crippen LogP contribution is -2.51. The molecule has 0 radical (unpaired) electrons. The highest BCUT2D eigenvalue weighted by atomic mass is 16.4. The average molecular weight is 242 g/mol. The molecule has 0 aromatic carbocycles. The monoisotopic (exact) mass is 242 g/mol. The standard InChI is InChI=1S/C12H22N2O3/c1-3-8(2)10(13)11(15)14-6-4-5-9(7-14)12(16)17/h8-10H,3-7,13H2,1-2H3,(H,16,17)/t8?,9-,10+/m1/s1. The summed E-state index contributed by atoms with van der Waals surface area (Å²) in [6.45, 7) is 4.88. The number of carbonyl (C=O) groups excluding carboxylic acids is 1. The molecule has 1 fully saturated rings. The molecule has 3 N–H and O–H groups in total. The molecule has 1 saturated heterocycles. The van der Waals surface area contributed by atoms with Crippen molar-refractivity contribution in [3.63, 3.8) is 0 Å². The molecule has 1 aliphatic rings. The number of piperidine rings is 1. The Kier molecular flexibility index (Phi) is 4.93. The zero-order chi connectivity index (χ0) is 13.0. The Labute approximate surface area is 102 Å². The zero-order valence-corrected chi connectivity index (χ0v) is 10.6. The van der Waals surface area contributed by atoms with E-state index in [1.54, 1.807) is 4.90 Å². The number of amides is 1. The van der Waals surface area contributed by atoms with Gasteiger partial charge in [0.1, 0.15) is 0 Å². The normalized spacial score (nSPS) is 24.2. The summed E-state index contributed by atoms with van der Waals surface area (Å²) in [6.07, 6.45) is 2.25. The lowest BCUT2D eigenvalue weighted by Gasteiger charge is -2.33. The number of nitrogens with two attached hydrogens (primary N) is 1. The second kappa shape index (κ2) is 6.00. The van der Waals surface area contributed by atoms with Gasteiger partial charge in [-0.15, -0.1) is 0 Å². The highest BCUT2D eigenvalue weighted by molar-refractivity contribution is 5.82. The molecule has 3 atom stereocenters. The molecule has 5 heteroatoms. The molecule has 17 heavy (non-hydrogen) atoms. The van der Waals surface area contributed by atoms with Crippen molar-refractivity contribution in [2.75, 3.05) is 13.1 Å². The largest absolute Gasteiger partial charge is 0.481 e. The summed E-state index contributed by atoms with van der Waals surface area (Å²) < 4.78 is 0. The lowest BCUT2D eigenvalue weighted by molar-refractivity contribution is -0.146. The molecule has 0 spiro atoms. The van der Waals surface area contributed by atoms with Crippen LogP contribution in [-0.2, 0) is 9.59 Å². The van der Waals surface area contributed by atoms with Crippen molar-refractivity contribution in [3.05, 3.63) is 0 Å². The summed E-state index contributed by atoms with van der Waals surface area (Å²) >= 11 is 0. The van der Waals surface area contributed by atoms with Crippen LogP contribution in [0.2, 0.25) is 0 Å². The van der Waals surface area contributed by atoms with E-state index in [2.05, 4.69) is 0 Å². The van der Waals surface area contributed by atoms with Crippen LogP contribution < -0.4 is 5.73 Å². The summed E-state index contributed by atoms with van der Waals surface area (Å²) in [7, 11) is 0. The molecule has 1 rings (SSSR count). The first kappa shape index (κ1) is 14.0. The Morgan fingerprint density at radius 3 is 2.71 bits per heavy atom. The van der Waals surface area contributed by atoms with Gasteiger partial charge in [-0.1, -0.05) is 20.3 Å². The van der Waals surface area contributed by atoms with Gasteiger partial charge in [0.25, 0.3) is 0 Å². The number of carboxylic acid groups (broad SMARTS) is 1. The topological polar surface area (TPSA) is 83.6 Å². The zero-order valence-electron chi connectivity index (χ0n) is 10.6. The SMILES string of the molecule is CCC(C)[C@H](N)C(=O)N1CCC[C@@H](C(=O)O)C1. The second-order valence-electron chi connectivity index (χ2n) is 4.87. The van der Waals surface area contributed by atoms with Gasteiger partial charge in [0, 0.05) is 13.1 Å². The third-order valence-corrected chi connectivity index (χ3v) is 3.62. The molecule has 5 nitrogen and oxygen atoms in total. The van der Waals surface area contributed by atoms with Gasteiger partial charge in [-0.25, -0.2) is 0 Å². The van der Waals surface area contributed by atoms with Crippen molar-refractivity contribution < 1.29 is 14.7 Å². The maximum Gasteiger partial charge on any atom is 0.308 e. The number of carbonyl (C=O) groups is 2. The fourth-order valence-corrected chi connectivity index (χ4v) is 2.09. The highest BCUT2D eigenvalue weighted by Crippen LogP contribution is 2.18. The van der Waals surface area contributed by atoms with Crippen LogP contribution in [0.5, 0.6) is 0 Å². The minimum Gasteiger partial charge on any atom is -0.481 e. The van der Waals surface area contributed by atoms with Crippen LogP contribution in [0.15, 0.2) is 0 Å². The van der Waals surface area contributed by atoms with E-state index >= 15 is 0 Å². The van der Waals surface area contributed by atoms with Gasteiger partial charge in [0.2, 0.25) is 5.91 Å². The fraction of sp³-hybridized carbons (Fsp3) is 0.833. The molecule has 1 heterocycles. The minimum absolute atomic E-state index is 0.106. The van der Waals surface area contributed by atoms with E-state index in [0.29, 0.717) is 19.5 Å². The number of nitrogens with zero attached hydrogens (tertiary/aromatic N) is 1. The van der Waals surface area contributed by atoms with Crippen molar-refractivity contribution in [1.82, 2.24) is 4.90 Å². The van der Waals surface area contributed by atoms with E-state index in [-0.39, 0.29) is 11.8 Å². The molecule has 0 aromatic heterocycles. The van der Waals surface area contributed by atoms with Crippen LogP contribution in [0.1, 0.15) is 33.1 Å². The number of rotatable bonds is 4. The maximum absolute atomic E-state index is 12.1. The van der Waals surface area contributed by atoms with E-state index in [9.17, 15) is 9.59 Å². The first-order valence-corrected chi connectivity index (χ1v) is 6.24. The number of hydrogen-bond acceptors (Lipinski definition) is 3. The molecule has 1 amide bonds. The molecule has 0 bridgehead atoms. The summed E-state index contributed by atoms with van der Waals surface area (Å²) in [5.74, 6) is -1.23. The average Bonchev–Trinajstić information content (AvgIpc) is 2.36. The molecule has 0 aliphatic carbocycles. The molecule has 98 valence electrons. The van der Waals surface area contributed by atoms with E-state index in [0.717, 1.165) is 12.8 Å². The van der Waals surface area contributed by atoms with Crippen LogP contribution in [0, 0.1) is 11.8 Å². The Bertz CT molecular complexity index is 293. The van der Waals surface area contributed by atoms with Gasteiger partial charge >= 0.3 is 5.97 Å². The Morgan fingerprint density at radius 1 is 1.53 bits per heavy atom. The number of likely N-dealkylation sites (tertiary alicyclic amines) is 1. The van der Waals surface area contributed by atoms with Gasteiger partial charge in [-0.2, -0.15) is 0 Å². The quantitative estimate of drug-likeness (QED) is 0.759. The van der Waals surface area contributed by atoms with Gasteiger partial charge < -0.3 is 15.7 Å². The van der Waals surface area contributed by atoms with E-state index in [4.69, 9.17) is 10.8 Å². The van der Waals surface area contributed by atoms with Crippen LogP contribution in [0.25, 0.3) is 0 Å². The first-order chi connectivity index (χ1) is 7.97. The van der Waals surface area contributed by atoms with Crippen LogP contribution in [-0.4, -0.2) is 41.0 Å². The van der Waals surface area contributed by atoms with Crippen molar-refractivity contribution in [2.24, 2.45) is 17.6 Å². The summed E-state index contributed by atoms with van der Waals surface area (Å²) in [5.41, 5.74) is 5.89. The van der Waals surface area contributed by atoms with Gasteiger partial charge in [-0.05, 0) is 18.8 Å². The van der Waals surface area contributed by atoms with Crippen molar-refractivity contribution in [1.29, 1.82) is 0 Å². The van der Waals surface area contributed by atoms with Crippen LogP contribution in [0.3, 0.4) is 0 Å². The molecule has 0 saturated carbocycles. The third kappa shape index (κ3) is 3.43. The van der Waals surface area contributed by atoms with E-state index in [1.165, 1.54) is 0 Å².